The number of halogens is 1. The average molecular weight is 290 g/mol. The van der Waals surface area contributed by atoms with E-state index in [1.165, 1.54) is 11.1 Å². The molecule has 0 aliphatic heterocycles. The Labute approximate surface area is 108 Å². The quantitative estimate of drug-likeness (QED) is 0.878. The third kappa shape index (κ3) is 1.93. The summed E-state index contributed by atoms with van der Waals surface area (Å²) >= 11 is 3.32. The largest absolute Gasteiger partial charge is 0.383 e. The molecule has 1 aliphatic rings. The maximum Gasteiger partial charge on any atom is 0.141 e. The normalized spacial score (nSPS) is 14.9. The molecule has 3 rings (SSSR count). The summed E-state index contributed by atoms with van der Waals surface area (Å²) in [6.45, 7) is 0. The number of rotatable bonds is 1. The summed E-state index contributed by atoms with van der Waals surface area (Å²) in [7, 11) is 0. The van der Waals surface area contributed by atoms with E-state index in [1.54, 1.807) is 6.20 Å². The first-order valence-corrected chi connectivity index (χ1v) is 6.38. The Morgan fingerprint density at radius 3 is 2.41 bits per heavy atom. The van der Waals surface area contributed by atoms with Crippen LogP contribution in [0.15, 0.2) is 34.9 Å². The second-order valence-electron chi connectivity index (χ2n) is 4.34. The van der Waals surface area contributed by atoms with Crippen molar-refractivity contribution in [1.82, 2.24) is 9.97 Å². The molecule has 0 atom stereocenters. The van der Waals surface area contributed by atoms with Crippen molar-refractivity contribution < 1.29 is 0 Å². The van der Waals surface area contributed by atoms with Crippen LogP contribution in [0, 0.1) is 0 Å². The van der Waals surface area contributed by atoms with Gasteiger partial charge in [0.1, 0.15) is 11.6 Å². The van der Waals surface area contributed by atoms with Crippen molar-refractivity contribution in [3.63, 3.8) is 0 Å². The molecular weight excluding hydrogens is 278 g/mol. The topological polar surface area (TPSA) is 51.8 Å². The number of nitrogens with two attached hydrogens (primary N) is 1. The number of anilines is 1. The molecule has 0 saturated heterocycles. The summed E-state index contributed by atoms with van der Waals surface area (Å²) in [6.07, 6.45) is 3.76. The zero-order valence-corrected chi connectivity index (χ0v) is 10.8. The van der Waals surface area contributed by atoms with Crippen LogP contribution in [0.25, 0.3) is 0 Å². The number of fused-ring (bicyclic) bond motifs is 1. The first-order chi connectivity index (χ1) is 8.24. The molecule has 86 valence electrons. The first-order valence-electron chi connectivity index (χ1n) is 5.58. The summed E-state index contributed by atoms with van der Waals surface area (Å²) in [4.78, 5) is 8.72. The predicted molar refractivity (Wildman–Crippen MR) is 70.7 cm³/mol. The molecule has 2 N–H and O–H groups in total. The fourth-order valence-electron chi connectivity index (χ4n) is 2.33. The zero-order valence-electron chi connectivity index (χ0n) is 9.23. The molecule has 3 nitrogen and oxygen atoms in total. The molecule has 2 aromatic rings. The van der Waals surface area contributed by atoms with Crippen molar-refractivity contribution in [2.45, 2.75) is 18.8 Å². The number of nitrogens with zero attached hydrogens (tertiary/aromatic N) is 2. The molecule has 0 unspecified atom stereocenters. The summed E-state index contributed by atoms with van der Waals surface area (Å²) in [6, 6.07) is 8.52. The van der Waals surface area contributed by atoms with E-state index in [-0.39, 0.29) is 0 Å². The van der Waals surface area contributed by atoms with E-state index in [9.17, 15) is 0 Å². The van der Waals surface area contributed by atoms with Crippen molar-refractivity contribution in [3.05, 3.63) is 51.9 Å². The average Bonchev–Trinajstić information content (AvgIpc) is 2.76. The third-order valence-corrected chi connectivity index (χ3v) is 3.82. The van der Waals surface area contributed by atoms with Gasteiger partial charge < -0.3 is 5.73 Å². The van der Waals surface area contributed by atoms with Crippen LogP contribution in [0.3, 0.4) is 0 Å². The summed E-state index contributed by atoms with van der Waals surface area (Å²) in [5, 5.41) is 0. The van der Waals surface area contributed by atoms with Crippen molar-refractivity contribution in [2.75, 3.05) is 5.73 Å². The molecule has 0 spiro atoms. The van der Waals surface area contributed by atoms with Gasteiger partial charge in [-0.15, -0.1) is 0 Å². The van der Waals surface area contributed by atoms with Crippen LogP contribution in [-0.2, 0) is 12.8 Å². The van der Waals surface area contributed by atoms with Gasteiger partial charge in [-0.3, -0.25) is 0 Å². The zero-order chi connectivity index (χ0) is 11.8. The highest BCUT2D eigenvalue weighted by molar-refractivity contribution is 9.10. The molecule has 0 fully saturated rings. The molecule has 17 heavy (non-hydrogen) atoms. The van der Waals surface area contributed by atoms with Crippen LogP contribution in [0.1, 0.15) is 22.9 Å². The Balaban J connectivity index is 1.91. The molecule has 1 aromatic heterocycles. The third-order valence-electron chi connectivity index (χ3n) is 3.21. The lowest BCUT2D eigenvalue weighted by atomic mass is 10.1. The van der Waals surface area contributed by atoms with Crippen LogP contribution in [0.2, 0.25) is 0 Å². The first kappa shape index (κ1) is 10.7. The molecule has 1 heterocycles. The van der Waals surface area contributed by atoms with E-state index >= 15 is 0 Å². The Hall–Kier alpha value is -1.42. The summed E-state index contributed by atoms with van der Waals surface area (Å²) in [5.41, 5.74) is 8.61. The standard InChI is InChI=1S/C13H12BrN3/c14-11-7-16-13(17-12(11)15)10-5-8-3-1-2-4-9(8)6-10/h1-4,7,10H,5-6H2,(H2,15,16,17). The van der Waals surface area contributed by atoms with Gasteiger partial charge in [0.15, 0.2) is 0 Å². The minimum Gasteiger partial charge on any atom is -0.383 e. The number of aromatic nitrogens is 2. The van der Waals surface area contributed by atoms with E-state index in [0.717, 1.165) is 23.1 Å². The highest BCUT2D eigenvalue weighted by atomic mass is 79.9. The van der Waals surface area contributed by atoms with Gasteiger partial charge in [-0.2, -0.15) is 0 Å². The molecule has 1 aliphatic carbocycles. The number of hydrogen-bond donors (Lipinski definition) is 1. The van der Waals surface area contributed by atoms with Crippen molar-refractivity contribution in [3.8, 4) is 0 Å². The van der Waals surface area contributed by atoms with Gasteiger partial charge in [-0.1, -0.05) is 24.3 Å². The Morgan fingerprint density at radius 1 is 1.18 bits per heavy atom. The lowest BCUT2D eigenvalue weighted by Crippen LogP contribution is -2.06. The number of benzene rings is 1. The lowest BCUT2D eigenvalue weighted by Gasteiger charge is -2.08. The monoisotopic (exact) mass is 289 g/mol. The van der Waals surface area contributed by atoms with Crippen LogP contribution in [0.5, 0.6) is 0 Å². The molecule has 0 radical (unpaired) electrons. The minimum absolute atomic E-state index is 0.364. The van der Waals surface area contributed by atoms with E-state index in [2.05, 4.69) is 50.2 Å². The lowest BCUT2D eigenvalue weighted by molar-refractivity contribution is 0.683. The maximum atomic E-state index is 5.80. The fourth-order valence-corrected chi connectivity index (χ4v) is 2.52. The maximum absolute atomic E-state index is 5.80. The van der Waals surface area contributed by atoms with Crippen LogP contribution >= 0.6 is 15.9 Å². The summed E-state index contributed by atoms with van der Waals surface area (Å²) < 4.78 is 0.761. The van der Waals surface area contributed by atoms with Crippen LogP contribution < -0.4 is 5.73 Å². The van der Waals surface area contributed by atoms with E-state index < -0.39 is 0 Å². The number of hydrogen-bond acceptors (Lipinski definition) is 3. The highest BCUT2D eigenvalue weighted by Crippen LogP contribution is 2.32. The molecule has 0 amide bonds. The van der Waals surface area contributed by atoms with Gasteiger partial charge in [0.25, 0.3) is 0 Å². The SMILES string of the molecule is Nc1nc(C2Cc3ccccc3C2)ncc1Br. The van der Waals surface area contributed by atoms with Crippen molar-refractivity contribution >= 4 is 21.7 Å². The molecule has 0 bridgehead atoms. The molecular formula is C13H12BrN3. The summed E-state index contributed by atoms with van der Waals surface area (Å²) in [5.74, 6) is 1.73. The van der Waals surface area contributed by atoms with E-state index in [4.69, 9.17) is 5.73 Å². The molecule has 1 aromatic carbocycles. The number of nitrogen functional groups attached to an aromatic ring is 1. The van der Waals surface area contributed by atoms with Gasteiger partial charge in [0.2, 0.25) is 0 Å². The minimum atomic E-state index is 0.364. The van der Waals surface area contributed by atoms with Gasteiger partial charge in [-0.25, -0.2) is 9.97 Å². The van der Waals surface area contributed by atoms with E-state index in [1.807, 2.05) is 0 Å². The Bertz CT molecular complexity index is 543. The van der Waals surface area contributed by atoms with Crippen molar-refractivity contribution in [2.24, 2.45) is 0 Å². The van der Waals surface area contributed by atoms with Crippen LogP contribution in [0.4, 0.5) is 5.82 Å². The van der Waals surface area contributed by atoms with Gasteiger partial charge in [0, 0.05) is 12.1 Å². The Morgan fingerprint density at radius 2 is 1.82 bits per heavy atom. The predicted octanol–water partition coefficient (Wildman–Crippen LogP) is 2.70. The second-order valence-corrected chi connectivity index (χ2v) is 5.19. The van der Waals surface area contributed by atoms with Crippen molar-refractivity contribution in [1.29, 1.82) is 0 Å². The Kier molecular flexibility index (Phi) is 2.59. The fraction of sp³-hybridized carbons (Fsp3) is 0.231. The molecule has 4 heteroatoms. The smallest absolute Gasteiger partial charge is 0.141 e. The van der Waals surface area contributed by atoms with Gasteiger partial charge >= 0.3 is 0 Å². The van der Waals surface area contributed by atoms with E-state index in [0.29, 0.717) is 11.7 Å². The molecule has 0 saturated carbocycles. The van der Waals surface area contributed by atoms with Gasteiger partial charge in [-0.05, 0) is 39.9 Å². The van der Waals surface area contributed by atoms with Gasteiger partial charge in [0.05, 0.1) is 4.47 Å². The second kappa shape index (κ2) is 4.11. The van der Waals surface area contributed by atoms with Crippen LogP contribution in [-0.4, -0.2) is 9.97 Å². The highest BCUT2D eigenvalue weighted by Gasteiger charge is 2.24.